The maximum Gasteiger partial charge on any atom is 0.137 e. The van der Waals surface area contributed by atoms with E-state index >= 15 is 0 Å². The summed E-state index contributed by atoms with van der Waals surface area (Å²) in [5.41, 5.74) is 2.16. The number of halogens is 1. The van der Waals surface area contributed by atoms with Gasteiger partial charge in [0.2, 0.25) is 0 Å². The highest BCUT2D eigenvalue weighted by molar-refractivity contribution is 6.32. The molecule has 4 heteroatoms. The summed E-state index contributed by atoms with van der Waals surface area (Å²) in [5, 5.41) is 3.73. The number of ether oxygens (including phenoxy) is 1. The third-order valence-corrected chi connectivity index (χ3v) is 3.01. The van der Waals surface area contributed by atoms with Gasteiger partial charge < -0.3 is 10.1 Å². The highest BCUT2D eigenvalue weighted by Gasteiger charge is 2.03. The number of pyridine rings is 1. The lowest BCUT2D eigenvalue weighted by Crippen LogP contribution is -2.06. The lowest BCUT2D eigenvalue weighted by atomic mass is 10.2. The van der Waals surface area contributed by atoms with Gasteiger partial charge in [0.15, 0.2) is 0 Å². The lowest BCUT2D eigenvalue weighted by molar-refractivity contribution is 0.320. The molecule has 0 bridgehead atoms. The van der Waals surface area contributed by atoms with Gasteiger partial charge in [-0.25, -0.2) is 0 Å². The maximum absolute atomic E-state index is 6.18. The zero-order chi connectivity index (χ0) is 13.5. The Bertz CT molecular complexity index is 517. The molecule has 2 rings (SSSR count). The average Bonchev–Trinajstić information content (AvgIpc) is 2.43. The van der Waals surface area contributed by atoms with Crippen LogP contribution >= 0.6 is 11.6 Å². The predicted octanol–water partition coefficient (Wildman–Crippen LogP) is 3.08. The number of nitrogens with one attached hydrogen (secondary N) is 1. The first kappa shape index (κ1) is 13.8. The summed E-state index contributed by atoms with van der Waals surface area (Å²) in [4.78, 5) is 4.25. The van der Waals surface area contributed by atoms with E-state index in [-0.39, 0.29) is 0 Å². The van der Waals surface area contributed by atoms with Crippen LogP contribution in [-0.2, 0) is 13.0 Å². The Labute approximate surface area is 118 Å². The second kappa shape index (κ2) is 7.12. The molecule has 0 atom stereocenters. The average molecular weight is 277 g/mol. The van der Waals surface area contributed by atoms with Crippen molar-refractivity contribution < 1.29 is 4.74 Å². The van der Waals surface area contributed by atoms with Gasteiger partial charge in [-0.2, -0.15) is 0 Å². The highest BCUT2D eigenvalue weighted by atomic mass is 35.5. The third-order valence-electron chi connectivity index (χ3n) is 2.72. The molecule has 2 aromatic rings. The Balaban J connectivity index is 1.89. The van der Waals surface area contributed by atoms with Crippen LogP contribution in [-0.4, -0.2) is 18.6 Å². The van der Waals surface area contributed by atoms with E-state index in [2.05, 4.69) is 10.3 Å². The van der Waals surface area contributed by atoms with Gasteiger partial charge in [-0.3, -0.25) is 4.98 Å². The molecule has 1 aromatic carbocycles. The van der Waals surface area contributed by atoms with Crippen LogP contribution in [0.25, 0.3) is 0 Å². The van der Waals surface area contributed by atoms with E-state index in [9.17, 15) is 0 Å². The van der Waals surface area contributed by atoms with Crippen molar-refractivity contribution in [3.63, 3.8) is 0 Å². The van der Waals surface area contributed by atoms with Crippen LogP contribution in [0, 0.1) is 0 Å². The fourth-order valence-electron chi connectivity index (χ4n) is 1.79. The van der Waals surface area contributed by atoms with Crippen molar-refractivity contribution in [3.8, 4) is 5.75 Å². The maximum atomic E-state index is 6.18. The van der Waals surface area contributed by atoms with E-state index in [1.54, 1.807) is 6.20 Å². The van der Waals surface area contributed by atoms with Crippen molar-refractivity contribution in [3.05, 3.63) is 58.9 Å². The Hall–Kier alpha value is -1.58. The van der Waals surface area contributed by atoms with Crippen LogP contribution in [0.5, 0.6) is 5.75 Å². The van der Waals surface area contributed by atoms with Gasteiger partial charge in [0.05, 0.1) is 11.6 Å². The third kappa shape index (κ3) is 4.23. The van der Waals surface area contributed by atoms with E-state index in [1.807, 2.05) is 43.4 Å². The smallest absolute Gasteiger partial charge is 0.137 e. The zero-order valence-corrected chi connectivity index (χ0v) is 11.7. The molecule has 0 saturated heterocycles. The fraction of sp³-hybridized carbons (Fsp3) is 0.267. The minimum absolute atomic E-state index is 0.572. The first-order valence-electron chi connectivity index (χ1n) is 6.25. The Morgan fingerprint density at radius 3 is 2.84 bits per heavy atom. The molecule has 3 nitrogen and oxygen atoms in total. The van der Waals surface area contributed by atoms with Gasteiger partial charge in [-0.05, 0) is 36.9 Å². The van der Waals surface area contributed by atoms with Gasteiger partial charge in [0, 0.05) is 24.9 Å². The number of hydrogen-bond donors (Lipinski definition) is 1. The number of rotatable bonds is 6. The van der Waals surface area contributed by atoms with E-state index in [0.717, 1.165) is 30.0 Å². The van der Waals surface area contributed by atoms with Crippen molar-refractivity contribution in [2.24, 2.45) is 0 Å². The Morgan fingerprint density at radius 1 is 1.26 bits per heavy atom. The van der Waals surface area contributed by atoms with Crippen LogP contribution in [0.2, 0.25) is 5.02 Å². The summed E-state index contributed by atoms with van der Waals surface area (Å²) in [7, 11) is 1.91. The first-order chi connectivity index (χ1) is 9.29. The lowest BCUT2D eigenvalue weighted by Gasteiger charge is -2.09. The summed E-state index contributed by atoms with van der Waals surface area (Å²) in [6.07, 6.45) is 2.56. The molecule has 19 heavy (non-hydrogen) atoms. The summed E-state index contributed by atoms with van der Waals surface area (Å²) in [6, 6.07) is 11.7. The first-order valence-corrected chi connectivity index (χ1v) is 6.63. The summed E-state index contributed by atoms with van der Waals surface area (Å²) >= 11 is 6.18. The van der Waals surface area contributed by atoms with Gasteiger partial charge in [0.25, 0.3) is 0 Å². The van der Waals surface area contributed by atoms with Crippen molar-refractivity contribution in [2.45, 2.75) is 13.0 Å². The largest absolute Gasteiger partial charge is 0.492 e. The molecule has 0 fully saturated rings. The predicted molar refractivity (Wildman–Crippen MR) is 77.7 cm³/mol. The summed E-state index contributed by atoms with van der Waals surface area (Å²) in [5.74, 6) is 0.720. The normalized spacial score (nSPS) is 10.4. The zero-order valence-electron chi connectivity index (χ0n) is 10.9. The van der Waals surface area contributed by atoms with Crippen molar-refractivity contribution >= 4 is 11.6 Å². The molecular weight excluding hydrogens is 260 g/mol. The van der Waals surface area contributed by atoms with Gasteiger partial charge in [0.1, 0.15) is 5.75 Å². The van der Waals surface area contributed by atoms with Crippen LogP contribution in [0.15, 0.2) is 42.6 Å². The minimum Gasteiger partial charge on any atom is -0.492 e. The molecule has 1 N–H and O–H groups in total. The molecule has 100 valence electrons. The second-order valence-electron chi connectivity index (χ2n) is 4.21. The van der Waals surface area contributed by atoms with E-state index in [4.69, 9.17) is 16.3 Å². The molecule has 1 aromatic heterocycles. The minimum atomic E-state index is 0.572. The van der Waals surface area contributed by atoms with Crippen molar-refractivity contribution in [1.29, 1.82) is 0 Å². The molecule has 0 unspecified atom stereocenters. The van der Waals surface area contributed by atoms with Crippen molar-refractivity contribution in [1.82, 2.24) is 10.3 Å². The van der Waals surface area contributed by atoms with E-state index < -0.39 is 0 Å². The SMILES string of the molecule is CNCc1ccc(OCCc2ccccn2)c(Cl)c1. The molecule has 0 aliphatic heterocycles. The number of benzene rings is 1. The van der Waals surface area contributed by atoms with Crippen LogP contribution < -0.4 is 10.1 Å². The van der Waals surface area contributed by atoms with Gasteiger partial charge >= 0.3 is 0 Å². The Morgan fingerprint density at radius 2 is 2.16 bits per heavy atom. The monoisotopic (exact) mass is 276 g/mol. The molecule has 0 aliphatic rings. The molecule has 1 heterocycles. The van der Waals surface area contributed by atoms with Crippen LogP contribution in [0.1, 0.15) is 11.3 Å². The topological polar surface area (TPSA) is 34.1 Å². The van der Waals surface area contributed by atoms with Gasteiger partial charge in [-0.1, -0.05) is 23.7 Å². The molecule has 0 aliphatic carbocycles. The molecule has 0 radical (unpaired) electrons. The standard InChI is InChI=1S/C15H17ClN2O/c1-17-11-12-5-6-15(14(16)10-12)19-9-7-13-4-2-3-8-18-13/h2-6,8,10,17H,7,9,11H2,1H3. The molecule has 0 spiro atoms. The number of nitrogens with zero attached hydrogens (tertiary/aromatic N) is 1. The number of hydrogen-bond acceptors (Lipinski definition) is 3. The number of aromatic nitrogens is 1. The van der Waals surface area contributed by atoms with E-state index in [0.29, 0.717) is 11.6 Å². The molecule has 0 amide bonds. The fourth-order valence-corrected chi connectivity index (χ4v) is 2.04. The van der Waals surface area contributed by atoms with E-state index in [1.165, 1.54) is 0 Å². The van der Waals surface area contributed by atoms with Crippen molar-refractivity contribution in [2.75, 3.05) is 13.7 Å². The quantitative estimate of drug-likeness (QED) is 0.880. The second-order valence-corrected chi connectivity index (χ2v) is 4.62. The highest BCUT2D eigenvalue weighted by Crippen LogP contribution is 2.25. The summed E-state index contributed by atoms with van der Waals surface area (Å²) in [6.45, 7) is 1.37. The molecule has 0 saturated carbocycles. The molecular formula is C15H17ClN2O. The van der Waals surface area contributed by atoms with Crippen LogP contribution in [0.3, 0.4) is 0 Å². The summed E-state index contributed by atoms with van der Waals surface area (Å²) < 4.78 is 5.68. The van der Waals surface area contributed by atoms with Crippen LogP contribution in [0.4, 0.5) is 0 Å². The van der Waals surface area contributed by atoms with Gasteiger partial charge in [-0.15, -0.1) is 0 Å². The Kier molecular flexibility index (Phi) is 5.19.